The van der Waals surface area contributed by atoms with E-state index in [1.54, 1.807) is 0 Å². The summed E-state index contributed by atoms with van der Waals surface area (Å²) in [5, 5.41) is 0. The molecule has 1 aromatic carbocycles. The minimum atomic E-state index is -5.21. The molecule has 24 heavy (non-hydrogen) atoms. The van der Waals surface area contributed by atoms with Crippen molar-refractivity contribution in [1.82, 2.24) is 9.97 Å². The fourth-order valence-corrected chi connectivity index (χ4v) is 3.18. The fourth-order valence-electron chi connectivity index (χ4n) is 2.05. The molecule has 0 saturated carbocycles. The molecule has 0 unspecified atom stereocenters. The van der Waals surface area contributed by atoms with Gasteiger partial charge in [-0.25, -0.2) is 13.4 Å². The van der Waals surface area contributed by atoms with E-state index in [0.29, 0.717) is 0 Å². The predicted molar refractivity (Wildman–Crippen MR) is 71.8 cm³/mol. The minimum Gasteiger partial charge on any atom is -0.345 e. The number of aromatic amines is 1. The number of nitrogens with one attached hydrogen (secondary N) is 1. The van der Waals surface area contributed by atoms with Crippen LogP contribution >= 0.6 is 0 Å². The second-order valence-corrected chi connectivity index (χ2v) is 6.98. The Morgan fingerprint density at radius 2 is 1.71 bits per heavy atom. The van der Waals surface area contributed by atoms with E-state index in [9.17, 15) is 34.8 Å². The van der Waals surface area contributed by atoms with Crippen molar-refractivity contribution in [2.24, 2.45) is 0 Å². The highest BCUT2D eigenvalue weighted by atomic mass is 32.2. The van der Waals surface area contributed by atoms with Crippen LogP contribution in [0.25, 0.3) is 11.4 Å². The number of sulfone groups is 1. The summed E-state index contributed by atoms with van der Waals surface area (Å²) in [5.41, 5.74) is -4.35. The van der Waals surface area contributed by atoms with Gasteiger partial charge in [0.25, 0.3) is 0 Å². The van der Waals surface area contributed by atoms with Crippen LogP contribution in [0.3, 0.4) is 0 Å². The lowest BCUT2D eigenvalue weighted by Gasteiger charge is -2.18. The molecular formula is C13H10F6N2O2S. The Morgan fingerprint density at radius 3 is 2.12 bits per heavy atom. The van der Waals surface area contributed by atoms with E-state index in [0.717, 1.165) is 19.3 Å². The average molecular weight is 372 g/mol. The fraction of sp³-hybridized carbons (Fsp3) is 0.308. The molecule has 4 nitrogen and oxygen atoms in total. The molecule has 0 atom stereocenters. The lowest BCUT2D eigenvalue weighted by Crippen LogP contribution is -2.17. The Balaban J connectivity index is 2.99. The lowest BCUT2D eigenvalue weighted by atomic mass is 10.0. The zero-order valence-corrected chi connectivity index (χ0v) is 12.8. The number of rotatable bonds is 3. The first-order chi connectivity index (χ1) is 10.9. The molecular weight excluding hydrogens is 362 g/mol. The number of imidazole rings is 1. The quantitative estimate of drug-likeness (QED) is 0.831. The van der Waals surface area contributed by atoms with Crippen LogP contribution in [0.5, 0.6) is 0 Å². The molecule has 0 aliphatic carbocycles. The number of hydrogen-bond donors (Lipinski definition) is 1. The van der Waals surface area contributed by atoms with Gasteiger partial charge in [0.1, 0.15) is 5.82 Å². The van der Waals surface area contributed by atoms with E-state index in [1.165, 1.54) is 0 Å². The third kappa shape index (κ3) is 3.40. The van der Waals surface area contributed by atoms with Gasteiger partial charge < -0.3 is 4.98 Å². The molecule has 2 aromatic rings. The molecule has 132 valence electrons. The second-order valence-electron chi connectivity index (χ2n) is 4.73. The number of hydrogen-bond acceptors (Lipinski definition) is 3. The van der Waals surface area contributed by atoms with Gasteiger partial charge in [0.15, 0.2) is 9.84 Å². The minimum absolute atomic E-state index is 0.119. The normalized spacial score (nSPS) is 13.3. The van der Waals surface area contributed by atoms with Gasteiger partial charge in [-0.15, -0.1) is 0 Å². The number of halogens is 6. The molecule has 0 fully saturated rings. The van der Waals surface area contributed by atoms with Crippen molar-refractivity contribution in [3.05, 3.63) is 35.7 Å². The Morgan fingerprint density at radius 1 is 1.08 bits per heavy atom. The number of aromatic nitrogens is 2. The lowest BCUT2D eigenvalue weighted by molar-refractivity contribution is -0.143. The van der Waals surface area contributed by atoms with Gasteiger partial charge in [-0.2, -0.15) is 26.3 Å². The van der Waals surface area contributed by atoms with Gasteiger partial charge in [-0.05, 0) is 12.1 Å². The monoisotopic (exact) mass is 372 g/mol. The highest BCUT2D eigenvalue weighted by Crippen LogP contribution is 2.43. The van der Waals surface area contributed by atoms with Gasteiger partial charge in [0, 0.05) is 18.0 Å². The van der Waals surface area contributed by atoms with Crippen LogP contribution in [0, 0.1) is 0 Å². The summed E-state index contributed by atoms with van der Waals surface area (Å²) in [4.78, 5) is 4.80. The molecule has 0 amide bonds. The maximum atomic E-state index is 13.3. The summed E-state index contributed by atoms with van der Waals surface area (Å²) in [6.07, 6.45) is -8.15. The van der Waals surface area contributed by atoms with E-state index in [4.69, 9.17) is 0 Å². The number of benzene rings is 1. The zero-order valence-electron chi connectivity index (χ0n) is 12.0. The topological polar surface area (TPSA) is 62.8 Å². The van der Waals surface area contributed by atoms with Crippen molar-refractivity contribution >= 4 is 9.84 Å². The molecule has 11 heteroatoms. The molecule has 0 saturated heterocycles. The highest BCUT2D eigenvalue weighted by molar-refractivity contribution is 7.91. The van der Waals surface area contributed by atoms with Gasteiger partial charge in [-0.1, -0.05) is 6.92 Å². The van der Waals surface area contributed by atoms with Crippen molar-refractivity contribution in [1.29, 1.82) is 0 Å². The van der Waals surface area contributed by atoms with Crippen LogP contribution in [0.15, 0.2) is 29.4 Å². The summed E-state index contributed by atoms with van der Waals surface area (Å²) in [6.45, 7) is 1.12. The van der Waals surface area contributed by atoms with E-state index in [-0.39, 0.29) is 12.1 Å². The van der Waals surface area contributed by atoms with Crippen LogP contribution in [-0.2, 0) is 22.2 Å². The van der Waals surface area contributed by atoms with E-state index in [1.807, 2.05) is 0 Å². The van der Waals surface area contributed by atoms with Gasteiger partial charge >= 0.3 is 12.4 Å². The molecule has 0 bridgehead atoms. The van der Waals surface area contributed by atoms with Crippen molar-refractivity contribution < 1.29 is 34.8 Å². The largest absolute Gasteiger partial charge is 0.417 e. The summed E-state index contributed by atoms with van der Waals surface area (Å²) in [7, 11) is -4.38. The van der Waals surface area contributed by atoms with Crippen LogP contribution in [0.2, 0.25) is 0 Å². The van der Waals surface area contributed by atoms with Crippen LogP contribution in [-0.4, -0.2) is 24.1 Å². The van der Waals surface area contributed by atoms with Crippen molar-refractivity contribution in [2.45, 2.75) is 24.2 Å². The first kappa shape index (κ1) is 18.3. The molecule has 0 spiro atoms. The van der Waals surface area contributed by atoms with E-state index < -0.39 is 55.4 Å². The van der Waals surface area contributed by atoms with Crippen LogP contribution < -0.4 is 0 Å². The molecule has 0 radical (unpaired) electrons. The molecule has 1 N–H and O–H groups in total. The van der Waals surface area contributed by atoms with Crippen LogP contribution in [0.4, 0.5) is 26.3 Å². The number of H-pyrrole nitrogens is 1. The zero-order chi connectivity index (χ0) is 18.3. The first-order valence-corrected chi connectivity index (χ1v) is 8.08. The molecule has 1 aromatic heterocycles. The molecule has 2 rings (SSSR count). The third-order valence-corrected chi connectivity index (χ3v) is 4.94. The summed E-state index contributed by atoms with van der Waals surface area (Å²) in [6, 6.07) is 0.0818. The van der Waals surface area contributed by atoms with Crippen molar-refractivity contribution in [3.63, 3.8) is 0 Å². The Kier molecular flexibility index (Phi) is 4.42. The Bertz CT molecular complexity index is 839. The first-order valence-electron chi connectivity index (χ1n) is 6.43. The molecule has 0 aliphatic rings. The Labute approximate surface area is 132 Å². The van der Waals surface area contributed by atoms with E-state index >= 15 is 0 Å². The molecule has 0 aliphatic heterocycles. The van der Waals surface area contributed by atoms with Gasteiger partial charge in [-0.3, -0.25) is 0 Å². The van der Waals surface area contributed by atoms with Crippen molar-refractivity contribution in [3.8, 4) is 11.4 Å². The predicted octanol–water partition coefficient (Wildman–Crippen LogP) is 3.91. The third-order valence-electron chi connectivity index (χ3n) is 3.19. The van der Waals surface area contributed by atoms with Gasteiger partial charge in [0.05, 0.1) is 21.8 Å². The van der Waals surface area contributed by atoms with Crippen LogP contribution in [0.1, 0.15) is 18.1 Å². The maximum absolute atomic E-state index is 13.3. The highest BCUT2D eigenvalue weighted by Gasteiger charge is 2.42. The second kappa shape index (κ2) is 5.80. The number of alkyl halides is 6. The van der Waals surface area contributed by atoms with Crippen molar-refractivity contribution in [2.75, 3.05) is 5.75 Å². The summed E-state index contributed by atoms with van der Waals surface area (Å²) in [5.74, 6) is -1.15. The Hall–Kier alpha value is -2.04. The summed E-state index contributed by atoms with van der Waals surface area (Å²) >= 11 is 0. The SMILES string of the molecule is CCS(=O)(=O)c1cc(C(F)(F)F)cc(C(F)(F)F)c1-c1ncc[nH]1. The summed E-state index contributed by atoms with van der Waals surface area (Å²) < 4.78 is 103. The van der Waals surface area contributed by atoms with Gasteiger partial charge in [0.2, 0.25) is 0 Å². The standard InChI is InChI=1S/C13H10F6N2O2S/c1-2-24(22,23)9-6-7(12(14,15)16)5-8(13(17,18)19)10(9)11-20-3-4-21-11/h3-6H,2H2,1H3,(H,20,21). The average Bonchev–Trinajstić information content (AvgIpc) is 2.97. The smallest absolute Gasteiger partial charge is 0.345 e. The molecule has 1 heterocycles. The number of nitrogens with zero attached hydrogens (tertiary/aromatic N) is 1. The maximum Gasteiger partial charge on any atom is 0.417 e. The van der Waals surface area contributed by atoms with E-state index in [2.05, 4.69) is 9.97 Å².